The molecule has 1 heterocycles. The van der Waals surface area contributed by atoms with Crippen LogP contribution in [0.1, 0.15) is 23.7 Å². The molecule has 0 saturated carbocycles. The number of carbonyl (C=O) groups excluding carboxylic acids is 1. The summed E-state index contributed by atoms with van der Waals surface area (Å²) in [6.07, 6.45) is 0.778. The molecule has 0 radical (unpaired) electrons. The minimum absolute atomic E-state index is 0.00737. The maximum Gasteiger partial charge on any atom is 0.335 e. The Balaban J connectivity index is 2.11. The summed E-state index contributed by atoms with van der Waals surface area (Å²) in [7, 11) is 0. The van der Waals surface area contributed by atoms with Gasteiger partial charge in [-0.1, -0.05) is 0 Å². The number of amides is 2. The van der Waals surface area contributed by atoms with Gasteiger partial charge in [-0.2, -0.15) is 0 Å². The van der Waals surface area contributed by atoms with Crippen molar-refractivity contribution in [2.45, 2.75) is 19.4 Å². The van der Waals surface area contributed by atoms with Crippen molar-refractivity contribution >= 4 is 33.6 Å². The van der Waals surface area contributed by atoms with E-state index in [1.165, 1.54) is 12.1 Å². The largest absolute Gasteiger partial charge is 0.478 e. The fourth-order valence-corrected chi connectivity index (χ4v) is 2.47. The SMILES string of the molecule is CC1CN(C(=O)Nc2cc(C(=O)O)ccc2Br)CCCO1. The van der Waals surface area contributed by atoms with E-state index in [2.05, 4.69) is 21.2 Å². The first-order valence-corrected chi connectivity index (χ1v) is 7.47. The van der Waals surface area contributed by atoms with Gasteiger partial charge < -0.3 is 20.1 Å². The van der Waals surface area contributed by atoms with Crippen LogP contribution in [0, 0.1) is 0 Å². The van der Waals surface area contributed by atoms with E-state index in [4.69, 9.17) is 9.84 Å². The van der Waals surface area contributed by atoms with Gasteiger partial charge in [0.1, 0.15) is 0 Å². The third-order valence-corrected chi connectivity index (χ3v) is 3.89. The zero-order valence-electron chi connectivity index (χ0n) is 11.6. The average Bonchev–Trinajstić information content (AvgIpc) is 2.65. The molecular formula is C14H17BrN2O4. The second kappa shape index (κ2) is 6.91. The molecule has 1 atom stereocenters. The van der Waals surface area contributed by atoms with E-state index >= 15 is 0 Å². The van der Waals surface area contributed by atoms with E-state index in [1.807, 2.05) is 6.92 Å². The van der Waals surface area contributed by atoms with Crippen LogP contribution in [0.4, 0.5) is 10.5 Å². The smallest absolute Gasteiger partial charge is 0.335 e. The van der Waals surface area contributed by atoms with Crippen molar-refractivity contribution in [1.82, 2.24) is 4.90 Å². The number of rotatable bonds is 2. The van der Waals surface area contributed by atoms with Crippen molar-refractivity contribution in [1.29, 1.82) is 0 Å². The van der Waals surface area contributed by atoms with E-state index in [9.17, 15) is 9.59 Å². The lowest BCUT2D eigenvalue weighted by Gasteiger charge is -2.23. The molecule has 0 spiro atoms. The maximum absolute atomic E-state index is 12.3. The van der Waals surface area contributed by atoms with Crippen molar-refractivity contribution in [2.75, 3.05) is 25.0 Å². The number of carboxylic acid groups (broad SMARTS) is 1. The summed E-state index contributed by atoms with van der Waals surface area (Å²) in [5, 5.41) is 11.7. The minimum Gasteiger partial charge on any atom is -0.478 e. The Bertz CT molecular complexity index is 550. The zero-order chi connectivity index (χ0) is 15.4. The highest BCUT2D eigenvalue weighted by Crippen LogP contribution is 2.24. The molecule has 0 aromatic heterocycles. The number of benzene rings is 1. The van der Waals surface area contributed by atoms with Crippen LogP contribution in [-0.4, -0.2) is 47.8 Å². The number of aromatic carboxylic acids is 1. The van der Waals surface area contributed by atoms with Crippen molar-refractivity contribution in [3.05, 3.63) is 28.2 Å². The summed E-state index contributed by atoms with van der Waals surface area (Å²) >= 11 is 3.31. The first-order valence-electron chi connectivity index (χ1n) is 6.67. The Hall–Kier alpha value is -1.60. The number of anilines is 1. The molecule has 1 fully saturated rings. The van der Waals surface area contributed by atoms with Crippen LogP contribution in [0.15, 0.2) is 22.7 Å². The summed E-state index contributed by atoms with van der Waals surface area (Å²) < 4.78 is 6.14. The molecule has 2 amide bonds. The van der Waals surface area contributed by atoms with Gasteiger partial charge in [-0.05, 0) is 47.5 Å². The van der Waals surface area contributed by atoms with Crippen LogP contribution in [0.25, 0.3) is 0 Å². The molecule has 114 valence electrons. The van der Waals surface area contributed by atoms with Crippen molar-refractivity contribution in [2.24, 2.45) is 0 Å². The summed E-state index contributed by atoms with van der Waals surface area (Å²) in [5.74, 6) is -1.03. The fourth-order valence-electron chi connectivity index (χ4n) is 2.13. The third-order valence-electron chi connectivity index (χ3n) is 3.19. The topological polar surface area (TPSA) is 78.9 Å². The Labute approximate surface area is 131 Å². The molecule has 7 heteroatoms. The fraction of sp³-hybridized carbons (Fsp3) is 0.429. The van der Waals surface area contributed by atoms with Crippen molar-refractivity contribution in [3.63, 3.8) is 0 Å². The average molecular weight is 357 g/mol. The minimum atomic E-state index is -1.03. The predicted octanol–water partition coefficient (Wildman–Crippen LogP) is 2.79. The standard InChI is InChI=1S/C14H17BrN2O4/c1-9-8-17(5-2-6-21-9)14(20)16-12-7-10(13(18)19)3-4-11(12)15/h3-4,7,9H,2,5-6,8H2,1H3,(H,16,20)(H,18,19). The number of nitrogens with zero attached hydrogens (tertiary/aromatic N) is 1. The number of hydrogen-bond acceptors (Lipinski definition) is 3. The van der Waals surface area contributed by atoms with Gasteiger partial charge in [0.15, 0.2) is 0 Å². The van der Waals surface area contributed by atoms with Gasteiger partial charge >= 0.3 is 12.0 Å². The Morgan fingerprint density at radius 2 is 2.24 bits per heavy atom. The Morgan fingerprint density at radius 1 is 1.48 bits per heavy atom. The van der Waals surface area contributed by atoms with Crippen molar-refractivity contribution < 1.29 is 19.4 Å². The summed E-state index contributed by atoms with van der Waals surface area (Å²) in [5.41, 5.74) is 0.568. The van der Waals surface area contributed by atoms with Gasteiger partial charge in [0.05, 0.1) is 17.4 Å². The molecule has 2 N–H and O–H groups in total. The Kier molecular flexibility index (Phi) is 5.19. The second-order valence-corrected chi connectivity index (χ2v) is 5.77. The summed E-state index contributed by atoms with van der Waals surface area (Å²) in [6, 6.07) is 4.26. The molecule has 21 heavy (non-hydrogen) atoms. The second-order valence-electron chi connectivity index (χ2n) is 4.91. The highest BCUT2D eigenvalue weighted by atomic mass is 79.9. The molecule has 1 aliphatic rings. The molecule has 2 rings (SSSR count). The van der Waals surface area contributed by atoms with Crippen LogP contribution in [-0.2, 0) is 4.74 Å². The van der Waals surface area contributed by atoms with E-state index in [0.717, 1.165) is 6.42 Å². The molecule has 1 unspecified atom stereocenters. The molecule has 1 aromatic carbocycles. The van der Waals surface area contributed by atoms with Crippen LogP contribution in [0.5, 0.6) is 0 Å². The van der Waals surface area contributed by atoms with Gasteiger partial charge in [-0.15, -0.1) is 0 Å². The van der Waals surface area contributed by atoms with Gasteiger partial charge in [0.2, 0.25) is 0 Å². The molecule has 6 nitrogen and oxygen atoms in total. The number of nitrogens with one attached hydrogen (secondary N) is 1. The van der Waals surface area contributed by atoms with Gasteiger partial charge in [0.25, 0.3) is 0 Å². The molecule has 0 aliphatic carbocycles. The monoisotopic (exact) mass is 356 g/mol. The van der Waals surface area contributed by atoms with E-state index in [1.54, 1.807) is 11.0 Å². The van der Waals surface area contributed by atoms with E-state index < -0.39 is 5.97 Å². The maximum atomic E-state index is 12.3. The van der Waals surface area contributed by atoms with E-state index in [0.29, 0.717) is 29.9 Å². The Morgan fingerprint density at radius 3 is 2.95 bits per heavy atom. The normalized spacial score (nSPS) is 19.0. The predicted molar refractivity (Wildman–Crippen MR) is 81.7 cm³/mol. The molecule has 1 aliphatic heterocycles. The lowest BCUT2D eigenvalue weighted by molar-refractivity contribution is 0.0696. The molecular weight excluding hydrogens is 340 g/mol. The number of ether oxygens (including phenoxy) is 1. The number of carbonyl (C=O) groups is 2. The van der Waals surface area contributed by atoms with Crippen LogP contribution < -0.4 is 5.32 Å². The van der Waals surface area contributed by atoms with Crippen LogP contribution in [0.3, 0.4) is 0 Å². The van der Waals surface area contributed by atoms with Gasteiger partial charge in [0, 0.05) is 24.2 Å². The highest BCUT2D eigenvalue weighted by molar-refractivity contribution is 9.10. The van der Waals surface area contributed by atoms with Crippen molar-refractivity contribution in [3.8, 4) is 0 Å². The first kappa shape index (κ1) is 15.8. The number of hydrogen-bond donors (Lipinski definition) is 2. The third kappa shape index (κ3) is 4.18. The number of urea groups is 1. The molecule has 0 bridgehead atoms. The highest BCUT2D eigenvalue weighted by Gasteiger charge is 2.20. The van der Waals surface area contributed by atoms with Crippen LogP contribution >= 0.6 is 15.9 Å². The van der Waals surface area contributed by atoms with Gasteiger partial charge in [-0.3, -0.25) is 0 Å². The molecule has 1 aromatic rings. The number of carboxylic acids is 1. The van der Waals surface area contributed by atoms with Gasteiger partial charge in [-0.25, -0.2) is 9.59 Å². The van der Waals surface area contributed by atoms with Crippen LogP contribution in [0.2, 0.25) is 0 Å². The first-order chi connectivity index (χ1) is 9.97. The quantitative estimate of drug-likeness (QED) is 0.853. The lowest BCUT2D eigenvalue weighted by atomic mass is 10.2. The van der Waals surface area contributed by atoms with E-state index in [-0.39, 0.29) is 17.7 Å². The lowest BCUT2D eigenvalue weighted by Crippen LogP contribution is -2.39. The number of halogens is 1. The molecule has 1 saturated heterocycles. The summed E-state index contributed by atoms with van der Waals surface area (Å²) in [6.45, 7) is 3.70. The summed E-state index contributed by atoms with van der Waals surface area (Å²) in [4.78, 5) is 25.0. The zero-order valence-corrected chi connectivity index (χ0v) is 13.2.